The minimum absolute atomic E-state index is 0.104. The molecule has 0 spiro atoms. The lowest BCUT2D eigenvalue weighted by molar-refractivity contribution is -0.161. The van der Waals surface area contributed by atoms with Gasteiger partial charge in [-0.15, -0.1) is 0 Å². The molecule has 3 unspecified atom stereocenters. The number of unbranched alkanes of at least 4 members (excludes halogenated alkanes) is 42. The summed E-state index contributed by atoms with van der Waals surface area (Å²) in [6, 6.07) is 0. The highest BCUT2D eigenvalue weighted by molar-refractivity contribution is 7.47. The van der Waals surface area contributed by atoms with Crippen molar-refractivity contribution in [1.29, 1.82) is 0 Å². The van der Waals surface area contributed by atoms with Crippen LogP contribution < -0.4 is 0 Å². The molecule has 6 atom stereocenters. The third kappa shape index (κ3) is 67.0. The average Bonchev–Trinajstić information content (AvgIpc) is 2.88. The van der Waals surface area contributed by atoms with E-state index in [9.17, 15) is 43.2 Å². The van der Waals surface area contributed by atoms with Crippen LogP contribution in [0.15, 0.2) is 0 Å². The summed E-state index contributed by atoms with van der Waals surface area (Å²) in [6.45, 7) is 9.50. The van der Waals surface area contributed by atoms with Crippen LogP contribution in [0.5, 0.6) is 0 Å². The van der Waals surface area contributed by atoms with Gasteiger partial charge in [0.2, 0.25) is 0 Å². The fourth-order valence-electron chi connectivity index (χ4n) is 11.3. The Morgan fingerprint density at radius 2 is 0.548 bits per heavy atom. The molecular formula is C74H144O17P2. The lowest BCUT2D eigenvalue weighted by atomic mass is 9.99. The minimum atomic E-state index is -4.95. The van der Waals surface area contributed by atoms with Gasteiger partial charge >= 0.3 is 39.5 Å². The van der Waals surface area contributed by atoms with E-state index < -0.39 is 97.5 Å². The monoisotopic (exact) mass is 1370 g/mol. The predicted molar refractivity (Wildman–Crippen MR) is 377 cm³/mol. The molecular weight excluding hydrogens is 1220 g/mol. The molecule has 0 amide bonds. The number of phosphoric ester groups is 2. The van der Waals surface area contributed by atoms with Gasteiger partial charge in [-0.1, -0.05) is 330 Å². The maximum atomic E-state index is 13.1. The summed E-state index contributed by atoms with van der Waals surface area (Å²) in [4.78, 5) is 72.4. The molecule has 0 rings (SSSR count). The van der Waals surface area contributed by atoms with E-state index in [-0.39, 0.29) is 25.7 Å². The summed E-state index contributed by atoms with van der Waals surface area (Å²) >= 11 is 0. The Bertz CT molecular complexity index is 1810. The van der Waals surface area contributed by atoms with Crippen LogP contribution in [0.4, 0.5) is 0 Å². The quantitative estimate of drug-likeness (QED) is 0.0222. The van der Waals surface area contributed by atoms with E-state index >= 15 is 0 Å². The van der Waals surface area contributed by atoms with Crippen LogP contribution in [0.2, 0.25) is 0 Å². The molecule has 0 aliphatic heterocycles. The molecule has 0 aliphatic rings. The molecule has 93 heavy (non-hydrogen) atoms. The standard InChI is InChI=1S/C74H144O17P2/c1-7-10-12-14-15-16-17-18-19-20-21-22-23-28-31-34-40-46-52-58-73(78)91-70(63-85-72(77)57-51-45-39-33-30-27-25-24-26-29-32-38-44-49-55-67(6)9-3)65-89-93(82,83)87-61-68(75)60-86-92(80,81)88-64-69(62-84-71(76)56-50-42-13-11-8-2)90-74(79)59-53-47-41-36-35-37-43-48-54-66(4)5/h66-70,75H,7-65H2,1-6H3,(H,80,81)(H,82,83)/t67?,68-,69+,70+/m0/s1. The zero-order valence-electron chi connectivity index (χ0n) is 60.6. The van der Waals surface area contributed by atoms with Crippen LogP contribution in [0.25, 0.3) is 0 Å². The van der Waals surface area contributed by atoms with Gasteiger partial charge in [0.05, 0.1) is 26.4 Å². The second-order valence-corrected chi connectivity index (χ2v) is 30.3. The molecule has 0 saturated carbocycles. The van der Waals surface area contributed by atoms with E-state index in [1.165, 1.54) is 193 Å². The first kappa shape index (κ1) is 91.1. The van der Waals surface area contributed by atoms with Crippen molar-refractivity contribution in [3.63, 3.8) is 0 Å². The highest BCUT2D eigenvalue weighted by atomic mass is 31.2. The van der Waals surface area contributed by atoms with Crippen molar-refractivity contribution >= 4 is 39.5 Å². The topological polar surface area (TPSA) is 237 Å². The molecule has 0 radical (unpaired) electrons. The molecule has 3 N–H and O–H groups in total. The molecule has 0 heterocycles. The second-order valence-electron chi connectivity index (χ2n) is 27.4. The fourth-order valence-corrected chi connectivity index (χ4v) is 12.8. The van der Waals surface area contributed by atoms with Crippen LogP contribution in [-0.2, 0) is 65.4 Å². The summed E-state index contributed by atoms with van der Waals surface area (Å²) in [5.74, 6) is -0.563. The zero-order valence-corrected chi connectivity index (χ0v) is 62.3. The van der Waals surface area contributed by atoms with E-state index in [0.29, 0.717) is 25.7 Å². The third-order valence-electron chi connectivity index (χ3n) is 17.6. The van der Waals surface area contributed by atoms with E-state index in [4.69, 9.17) is 37.0 Å². The van der Waals surface area contributed by atoms with E-state index in [0.717, 1.165) is 108 Å². The number of esters is 4. The molecule has 19 heteroatoms. The van der Waals surface area contributed by atoms with Gasteiger partial charge in [-0.3, -0.25) is 37.3 Å². The van der Waals surface area contributed by atoms with Crippen LogP contribution in [0.3, 0.4) is 0 Å². The molecule has 552 valence electrons. The normalized spacial score (nSPS) is 14.3. The Balaban J connectivity index is 5.14. The molecule has 0 aromatic carbocycles. The van der Waals surface area contributed by atoms with Crippen molar-refractivity contribution in [2.24, 2.45) is 11.8 Å². The Hall–Kier alpha value is -1.94. The van der Waals surface area contributed by atoms with Gasteiger partial charge in [0.1, 0.15) is 19.3 Å². The molecule has 0 saturated heterocycles. The molecule has 0 fully saturated rings. The van der Waals surface area contributed by atoms with Crippen molar-refractivity contribution in [2.45, 2.75) is 400 Å². The Morgan fingerprint density at radius 1 is 0.312 bits per heavy atom. The number of carbonyl (C=O) groups excluding carboxylic acids is 4. The first-order chi connectivity index (χ1) is 44.9. The Labute approximate surface area is 568 Å². The lowest BCUT2D eigenvalue weighted by Gasteiger charge is -2.21. The maximum absolute atomic E-state index is 13.1. The summed E-state index contributed by atoms with van der Waals surface area (Å²) in [7, 11) is -9.90. The average molecular weight is 1370 g/mol. The zero-order chi connectivity index (χ0) is 68.6. The predicted octanol–water partition coefficient (Wildman–Crippen LogP) is 21.6. The Kier molecular flexibility index (Phi) is 64.6. The highest BCUT2D eigenvalue weighted by Gasteiger charge is 2.30. The number of ether oxygens (including phenoxy) is 4. The van der Waals surface area contributed by atoms with Crippen molar-refractivity contribution in [2.75, 3.05) is 39.6 Å². The van der Waals surface area contributed by atoms with Gasteiger partial charge in [0, 0.05) is 25.7 Å². The fraction of sp³-hybridized carbons (Fsp3) is 0.946. The summed E-state index contributed by atoms with van der Waals surface area (Å²) in [5, 5.41) is 10.6. The number of hydrogen-bond donors (Lipinski definition) is 3. The smallest absolute Gasteiger partial charge is 0.462 e. The van der Waals surface area contributed by atoms with Crippen LogP contribution in [0.1, 0.15) is 382 Å². The first-order valence-electron chi connectivity index (χ1n) is 38.5. The van der Waals surface area contributed by atoms with Crippen LogP contribution >= 0.6 is 15.6 Å². The number of carbonyl (C=O) groups is 4. The van der Waals surface area contributed by atoms with Crippen molar-refractivity contribution < 1.29 is 80.2 Å². The first-order valence-corrected chi connectivity index (χ1v) is 41.5. The number of hydrogen-bond acceptors (Lipinski definition) is 15. The number of aliphatic hydroxyl groups is 1. The van der Waals surface area contributed by atoms with E-state index in [1.807, 2.05) is 0 Å². The number of rotatable bonds is 73. The van der Waals surface area contributed by atoms with Gasteiger partial charge in [-0.2, -0.15) is 0 Å². The highest BCUT2D eigenvalue weighted by Crippen LogP contribution is 2.45. The van der Waals surface area contributed by atoms with Crippen molar-refractivity contribution in [3.05, 3.63) is 0 Å². The number of aliphatic hydroxyl groups excluding tert-OH is 1. The maximum Gasteiger partial charge on any atom is 0.472 e. The lowest BCUT2D eigenvalue weighted by Crippen LogP contribution is -2.30. The van der Waals surface area contributed by atoms with E-state index in [2.05, 4.69) is 41.5 Å². The minimum Gasteiger partial charge on any atom is -0.462 e. The molecule has 0 aromatic heterocycles. The molecule has 0 aromatic rings. The van der Waals surface area contributed by atoms with Crippen molar-refractivity contribution in [3.8, 4) is 0 Å². The number of phosphoric acid groups is 2. The largest absolute Gasteiger partial charge is 0.472 e. The summed E-state index contributed by atoms with van der Waals surface area (Å²) < 4.78 is 68.2. The summed E-state index contributed by atoms with van der Waals surface area (Å²) in [6.07, 6.45) is 53.2. The molecule has 17 nitrogen and oxygen atoms in total. The van der Waals surface area contributed by atoms with Gasteiger partial charge in [-0.25, -0.2) is 9.13 Å². The Morgan fingerprint density at radius 3 is 0.817 bits per heavy atom. The van der Waals surface area contributed by atoms with Crippen molar-refractivity contribution in [1.82, 2.24) is 0 Å². The molecule has 0 bridgehead atoms. The SMILES string of the molecule is CCCCCCCCCCCCCCCCCCCCCC(=O)O[C@H](COC(=O)CCCCCCCCCCCCCCCCC(C)CC)COP(=O)(O)OC[C@@H](O)COP(=O)(O)OC[C@@H](COC(=O)CCCCCCC)OC(=O)CCCCCCCCCCC(C)C. The van der Waals surface area contributed by atoms with Crippen LogP contribution in [0, 0.1) is 11.8 Å². The van der Waals surface area contributed by atoms with Gasteiger partial charge < -0.3 is 33.8 Å². The van der Waals surface area contributed by atoms with Crippen LogP contribution in [-0.4, -0.2) is 96.7 Å². The van der Waals surface area contributed by atoms with Gasteiger partial charge in [-0.05, 0) is 37.5 Å². The second kappa shape index (κ2) is 66.0. The van der Waals surface area contributed by atoms with E-state index in [1.54, 1.807) is 0 Å². The van der Waals surface area contributed by atoms with Gasteiger partial charge in [0.15, 0.2) is 12.2 Å². The molecule has 0 aliphatic carbocycles. The van der Waals surface area contributed by atoms with Gasteiger partial charge in [0.25, 0.3) is 0 Å². The third-order valence-corrected chi connectivity index (χ3v) is 19.5. The summed E-state index contributed by atoms with van der Waals surface area (Å²) in [5.41, 5.74) is 0.